The minimum absolute atomic E-state index is 0.0875. The van der Waals surface area contributed by atoms with Crippen LogP contribution in [0.5, 0.6) is 0 Å². The highest BCUT2D eigenvalue weighted by Crippen LogP contribution is 2.48. The van der Waals surface area contributed by atoms with E-state index in [2.05, 4.69) is 37.0 Å². The Morgan fingerprint density at radius 1 is 1.59 bits per heavy atom. The quantitative estimate of drug-likeness (QED) is 0.462. The molecule has 0 aliphatic heterocycles. The maximum atomic E-state index is 11.7. The van der Waals surface area contributed by atoms with Crippen molar-refractivity contribution < 1.29 is 14.5 Å². The first-order chi connectivity index (χ1) is 7.94. The van der Waals surface area contributed by atoms with E-state index in [1.165, 1.54) is 11.8 Å². The van der Waals surface area contributed by atoms with Crippen molar-refractivity contribution in [2.75, 3.05) is 7.11 Å². The number of nitro groups is 1. The van der Waals surface area contributed by atoms with Crippen molar-refractivity contribution in [2.45, 2.75) is 18.4 Å². The summed E-state index contributed by atoms with van der Waals surface area (Å²) < 4.78 is 6.25. The van der Waals surface area contributed by atoms with Gasteiger partial charge < -0.3 is 4.74 Å². The molecule has 1 aromatic rings. The zero-order valence-electron chi connectivity index (χ0n) is 8.64. The lowest BCUT2D eigenvalue weighted by atomic mass is 10.3. The largest absolute Gasteiger partial charge is 0.467 e. The molecule has 1 saturated carbocycles. The third-order valence-corrected chi connectivity index (χ3v) is 3.89. The Morgan fingerprint density at radius 3 is 2.53 bits per heavy atom. The molecule has 0 bridgehead atoms. The van der Waals surface area contributed by atoms with E-state index in [-0.39, 0.29) is 14.9 Å². The van der Waals surface area contributed by atoms with Gasteiger partial charge in [0.25, 0.3) is 0 Å². The Balaban J connectivity index is 2.52. The molecule has 0 unspecified atom stereocenters. The van der Waals surface area contributed by atoms with Crippen molar-refractivity contribution in [1.29, 1.82) is 0 Å². The van der Waals surface area contributed by atoms with E-state index in [1.807, 2.05) is 0 Å². The molecular formula is C8H7Br2N3O4. The van der Waals surface area contributed by atoms with Crippen molar-refractivity contribution >= 4 is 43.5 Å². The molecule has 9 heteroatoms. The zero-order chi connectivity index (χ0) is 12.8. The molecule has 2 rings (SSSR count). The number of esters is 1. The number of methoxy groups -OCH3 is 1. The smallest absolute Gasteiger partial charge is 0.335 e. The molecule has 0 N–H and O–H groups in total. The molecule has 0 spiro atoms. The van der Waals surface area contributed by atoms with E-state index in [0.717, 1.165) is 0 Å². The first-order valence-electron chi connectivity index (χ1n) is 4.61. The zero-order valence-corrected chi connectivity index (χ0v) is 11.8. The minimum Gasteiger partial charge on any atom is -0.467 e. The topological polar surface area (TPSA) is 87.3 Å². The molecule has 1 aliphatic carbocycles. The summed E-state index contributed by atoms with van der Waals surface area (Å²) in [6.45, 7) is 0. The van der Waals surface area contributed by atoms with Crippen LogP contribution in [0, 0.1) is 10.1 Å². The van der Waals surface area contributed by atoms with Crippen LogP contribution in [-0.4, -0.2) is 27.8 Å². The summed E-state index contributed by atoms with van der Waals surface area (Å²) in [5, 5.41) is 14.8. The van der Waals surface area contributed by atoms with Crippen molar-refractivity contribution in [1.82, 2.24) is 9.78 Å². The van der Waals surface area contributed by atoms with Gasteiger partial charge in [0.1, 0.15) is 0 Å². The maximum absolute atomic E-state index is 11.7. The Morgan fingerprint density at radius 2 is 2.18 bits per heavy atom. The molecule has 7 nitrogen and oxygen atoms in total. The van der Waals surface area contributed by atoms with Gasteiger partial charge in [-0.15, -0.1) is 0 Å². The summed E-state index contributed by atoms with van der Waals surface area (Å²) >= 11 is 6.10. The summed E-state index contributed by atoms with van der Waals surface area (Å²) in [5.41, 5.74) is -1.09. The Bertz CT molecular complexity index is 509. The van der Waals surface area contributed by atoms with Crippen LogP contribution in [0.15, 0.2) is 9.21 Å². The average Bonchev–Trinajstić information content (AvgIpc) is 3.00. The molecule has 1 aliphatic rings. The predicted molar refractivity (Wildman–Crippen MR) is 63.5 cm³/mol. The van der Waals surface area contributed by atoms with Crippen LogP contribution in [0.3, 0.4) is 0 Å². The predicted octanol–water partition coefficient (Wildman–Crippen LogP) is 1.98. The average molecular weight is 369 g/mol. The molecular weight excluding hydrogens is 362 g/mol. The lowest BCUT2D eigenvalue weighted by Crippen LogP contribution is -2.30. The van der Waals surface area contributed by atoms with Crippen molar-refractivity contribution in [3.8, 4) is 0 Å². The van der Waals surface area contributed by atoms with Crippen molar-refractivity contribution in [3.63, 3.8) is 0 Å². The standard InChI is InChI=1S/C8H7Br2N3O4/c1-17-7(14)8(2-3-8)12-6(10)4(13(15)16)5(9)11-12/h2-3H2,1H3. The van der Waals surface area contributed by atoms with E-state index in [1.54, 1.807) is 0 Å². The molecule has 92 valence electrons. The monoisotopic (exact) mass is 367 g/mol. The van der Waals surface area contributed by atoms with Gasteiger partial charge in [0.2, 0.25) is 4.60 Å². The highest BCUT2D eigenvalue weighted by Gasteiger charge is 2.56. The van der Waals surface area contributed by atoms with Gasteiger partial charge >= 0.3 is 11.7 Å². The Kier molecular flexibility index (Phi) is 2.98. The number of carbonyl (C=O) groups excluding carboxylic acids is 1. The van der Waals surface area contributed by atoms with Gasteiger partial charge in [-0.3, -0.25) is 10.1 Å². The number of rotatable bonds is 3. The number of carbonyl (C=O) groups is 1. The molecule has 17 heavy (non-hydrogen) atoms. The second kappa shape index (κ2) is 4.05. The molecule has 0 saturated heterocycles. The Labute approximate surface area is 113 Å². The summed E-state index contributed by atoms with van der Waals surface area (Å²) in [7, 11) is 1.28. The van der Waals surface area contributed by atoms with E-state index < -0.39 is 16.4 Å². The van der Waals surface area contributed by atoms with Gasteiger partial charge in [-0.25, -0.2) is 9.48 Å². The minimum atomic E-state index is -0.898. The fourth-order valence-corrected chi connectivity index (χ4v) is 3.12. The summed E-state index contributed by atoms with van der Waals surface area (Å²) in [4.78, 5) is 21.9. The fraction of sp³-hybridized carbons (Fsp3) is 0.500. The molecule has 1 aromatic heterocycles. The van der Waals surface area contributed by atoms with Gasteiger partial charge in [0.15, 0.2) is 10.1 Å². The van der Waals surface area contributed by atoms with Crippen LogP contribution in [0.1, 0.15) is 12.8 Å². The van der Waals surface area contributed by atoms with Crippen LogP contribution in [0.4, 0.5) is 5.69 Å². The van der Waals surface area contributed by atoms with E-state index >= 15 is 0 Å². The fourth-order valence-electron chi connectivity index (χ4n) is 1.61. The second-order valence-corrected chi connectivity index (χ2v) is 5.12. The first-order valence-corrected chi connectivity index (χ1v) is 6.20. The van der Waals surface area contributed by atoms with Gasteiger partial charge in [-0.1, -0.05) is 0 Å². The first kappa shape index (κ1) is 12.5. The van der Waals surface area contributed by atoms with Crippen LogP contribution >= 0.6 is 31.9 Å². The lowest BCUT2D eigenvalue weighted by Gasteiger charge is -2.13. The summed E-state index contributed by atoms with van der Waals surface area (Å²) in [6, 6.07) is 0. The highest BCUT2D eigenvalue weighted by atomic mass is 79.9. The molecule has 1 fully saturated rings. The van der Waals surface area contributed by atoms with E-state index in [9.17, 15) is 14.9 Å². The van der Waals surface area contributed by atoms with Gasteiger partial charge in [-0.2, -0.15) is 5.10 Å². The van der Waals surface area contributed by atoms with Crippen LogP contribution in [-0.2, 0) is 15.1 Å². The molecule has 0 atom stereocenters. The number of aromatic nitrogens is 2. The number of ether oxygens (including phenoxy) is 1. The molecule has 0 amide bonds. The maximum Gasteiger partial charge on any atom is 0.335 e. The summed E-state index contributed by atoms with van der Waals surface area (Å²) in [5.74, 6) is -0.442. The van der Waals surface area contributed by atoms with Crippen molar-refractivity contribution in [2.24, 2.45) is 0 Å². The SMILES string of the molecule is COC(=O)C1(n2nc(Br)c([N+](=O)[O-])c2Br)CC1. The van der Waals surface area contributed by atoms with Crippen LogP contribution < -0.4 is 0 Å². The van der Waals surface area contributed by atoms with Crippen LogP contribution in [0.2, 0.25) is 0 Å². The van der Waals surface area contributed by atoms with Gasteiger partial charge in [0.05, 0.1) is 12.0 Å². The van der Waals surface area contributed by atoms with Gasteiger partial charge in [0, 0.05) is 0 Å². The van der Waals surface area contributed by atoms with Gasteiger partial charge in [-0.05, 0) is 44.7 Å². The second-order valence-electron chi connectivity index (χ2n) is 3.62. The number of hydrogen-bond donors (Lipinski definition) is 0. The number of hydrogen-bond acceptors (Lipinski definition) is 5. The highest BCUT2D eigenvalue weighted by molar-refractivity contribution is 9.11. The van der Waals surface area contributed by atoms with E-state index in [0.29, 0.717) is 12.8 Å². The lowest BCUT2D eigenvalue weighted by molar-refractivity contribution is -0.386. The summed E-state index contributed by atoms with van der Waals surface area (Å²) in [6.07, 6.45) is 1.12. The molecule has 0 radical (unpaired) electrons. The normalized spacial score (nSPS) is 16.6. The number of halogens is 2. The van der Waals surface area contributed by atoms with Crippen molar-refractivity contribution in [3.05, 3.63) is 19.3 Å². The third kappa shape index (κ3) is 1.77. The number of nitrogens with zero attached hydrogens (tertiary/aromatic N) is 3. The molecule has 1 heterocycles. The van der Waals surface area contributed by atoms with E-state index in [4.69, 9.17) is 4.74 Å². The Hall–Kier alpha value is -0.960. The van der Waals surface area contributed by atoms with Crippen LogP contribution in [0.25, 0.3) is 0 Å². The third-order valence-electron chi connectivity index (χ3n) is 2.64. The molecule has 0 aromatic carbocycles.